The molecule has 0 aliphatic carbocycles. The number of piperidine rings is 1. The molecule has 102 valence electrons. The summed E-state index contributed by atoms with van der Waals surface area (Å²) in [6.07, 6.45) is 3.97. The molecule has 0 bridgehead atoms. The van der Waals surface area contributed by atoms with Gasteiger partial charge in [-0.2, -0.15) is 0 Å². The summed E-state index contributed by atoms with van der Waals surface area (Å²) in [5.74, 6) is 0.170. The van der Waals surface area contributed by atoms with E-state index in [-0.39, 0.29) is 17.7 Å². The van der Waals surface area contributed by atoms with Gasteiger partial charge in [-0.05, 0) is 44.7 Å². The summed E-state index contributed by atoms with van der Waals surface area (Å²) in [5.41, 5.74) is 0. The lowest BCUT2D eigenvalue weighted by Gasteiger charge is -2.23. The van der Waals surface area contributed by atoms with Gasteiger partial charge in [0, 0.05) is 25.6 Å². The van der Waals surface area contributed by atoms with E-state index < -0.39 is 0 Å². The van der Waals surface area contributed by atoms with Gasteiger partial charge >= 0.3 is 0 Å². The van der Waals surface area contributed by atoms with Gasteiger partial charge in [-0.15, -0.1) is 0 Å². The van der Waals surface area contributed by atoms with E-state index in [1.165, 1.54) is 0 Å². The normalized spacial score (nSPS) is 22.7. The Morgan fingerprint density at radius 3 is 2.44 bits per heavy atom. The molecule has 2 rings (SSSR count). The van der Waals surface area contributed by atoms with Gasteiger partial charge in [0.1, 0.15) is 0 Å². The molecule has 2 fully saturated rings. The molecule has 0 aromatic carbocycles. The molecule has 2 amide bonds. The van der Waals surface area contributed by atoms with E-state index in [9.17, 15) is 9.59 Å². The fourth-order valence-corrected chi connectivity index (χ4v) is 2.59. The van der Waals surface area contributed by atoms with Crippen molar-refractivity contribution in [1.82, 2.24) is 10.6 Å². The van der Waals surface area contributed by atoms with Crippen molar-refractivity contribution in [3.8, 4) is 0 Å². The van der Waals surface area contributed by atoms with Crippen LogP contribution in [0.3, 0.4) is 0 Å². The van der Waals surface area contributed by atoms with Crippen LogP contribution >= 0.6 is 0 Å². The standard InChI is InChI=1S/C13H22N2O3/c16-12(9-10-3-7-18-8-4-10)15-13(17)11-1-5-14-6-2-11/h10-11,14H,1-9H2,(H,15,16,17). The maximum atomic E-state index is 11.9. The van der Waals surface area contributed by atoms with Gasteiger partial charge in [-0.25, -0.2) is 0 Å². The maximum Gasteiger partial charge on any atom is 0.229 e. The van der Waals surface area contributed by atoms with Crippen molar-refractivity contribution in [3.63, 3.8) is 0 Å². The fraction of sp³-hybridized carbons (Fsp3) is 0.846. The Morgan fingerprint density at radius 2 is 1.78 bits per heavy atom. The van der Waals surface area contributed by atoms with Gasteiger partial charge in [-0.3, -0.25) is 14.9 Å². The third-order valence-corrected chi connectivity index (χ3v) is 3.79. The molecule has 0 radical (unpaired) electrons. The molecular weight excluding hydrogens is 232 g/mol. The van der Waals surface area contributed by atoms with Crippen LogP contribution in [0, 0.1) is 11.8 Å². The fourth-order valence-electron chi connectivity index (χ4n) is 2.59. The van der Waals surface area contributed by atoms with Crippen LogP contribution in [0.1, 0.15) is 32.1 Å². The first-order valence-electron chi connectivity index (χ1n) is 6.88. The molecule has 5 nitrogen and oxygen atoms in total. The lowest BCUT2D eigenvalue weighted by Crippen LogP contribution is -2.41. The Balaban J connectivity index is 1.70. The summed E-state index contributed by atoms with van der Waals surface area (Å²) < 4.78 is 5.25. The molecule has 18 heavy (non-hydrogen) atoms. The zero-order valence-electron chi connectivity index (χ0n) is 10.7. The zero-order chi connectivity index (χ0) is 12.8. The van der Waals surface area contributed by atoms with Crippen LogP contribution in [-0.4, -0.2) is 38.1 Å². The average Bonchev–Trinajstić information content (AvgIpc) is 2.40. The zero-order valence-corrected chi connectivity index (χ0v) is 10.7. The van der Waals surface area contributed by atoms with E-state index in [0.29, 0.717) is 12.3 Å². The Bertz CT molecular complexity index is 295. The number of amides is 2. The molecule has 5 heteroatoms. The van der Waals surface area contributed by atoms with E-state index in [0.717, 1.165) is 52.0 Å². The summed E-state index contributed by atoms with van der Waals surface area (Å²) in [6.45, 7) is 3.21. The summed E-state index contributed by atoms with van der Waals surface area (Å²) >= 11 is 0. The van der Waals surface area contributed by atoms with Gasteiger partial charge in [0.15, 0.2) is 0 Å². The number of imide groups is 1. The second-order valence-electron chi connectivity index (χ2n) is 5.20. The van der Waals surface area contributed by atoms with Crippen LogP contribution < -0.4 is 10.6 Å². The number of ether oxygens (including phenoxy) is 1. The molecular formula is C13H22N2O3. The second-order valence-corrected chi connectivity index (χ2v) is 5.20. The van der Waals surface area contributed by atoms with Gasteiger partial charge in [0.25, 0.3) is 0 Å². The molecule has 2 heterocycles. The van der Waals surface area contributed by atoms with E-state index in [4.69, 9.17) is 4.74 Å². The van der Waals surface area contributed by atoms with Crippen molar-refractivity contribution < 1.29 is 14.3 Å². The predicted molar refractivity (Wildman–Crippen MR) is 66.9 cm³/mol. The molecule has 0 aromatic heterocycles. The van der Waals surface area contributed by atoms with Crippen LogP contribution in [0.25, 0.3) is 0 Å². The molecule has 0 atom stereocenters. The number of carbonyl (C=O) groups is 2. The van der Waals surface area contributed by atoms with E-state index >= 15 is 0 Å². The molecule has 0 unspecified atom stereocenters. The predicted octanol–water partition coefficient (Wildman–Crippen LogP) is 0.445. The van der Waals surface area contributed by atoms with Crippen LogP contribution in [0.2, 0.25) is 0 Å². The summed E-state index contributed by atoms with van der Waals surface area (Å²) in [7, 11) is 0. The smallest absolute Gasteiger partial charge is 0.229 e. The van der Waals surface area contributed by atoms with Crippen LogP contribution in [0.4, 0.5) is 0 Å². The highest BCUT2D eigenvalue weighted by Gasteiger charge is 2.24. The number of carbonyl (C=O) groups excluding carboxylic acids is 2. The number of hydrogen-bond acceptors (Lipinski definition) is 4. The first-order chi connectivity index (χ1) is 8.75. The van der Waals surface area contributed by atoms with Gasteiger partial charge < -0.3 is 10.1 Å². The van der Waals surface area contributed by atoms with Crippen LogP contribution in [-0.2, 0) is 14.3 Å². The van der Waals surface area contributed by atoms with Crippen molar-refractivity contribution in [1.29, 1.82) is 0 Å². The third kappa shape index (κ3) is 4.07. The van der Waals surface area contributed by atoms with E-state index in [2.05, 4.69) is 10.6 Å². The summed E-state index contributed by atoms with van der Waals surface area (Å²) in [4.78, 5) is 23.6. The minimum absolute atomic E-state index is 0.00453. The highest BCUT2D eigenvalue weighted by atomic mass is 16.5. The number of nitrogens with one attached hydrogen (secondary N) is 2. The van der Waals surface area contributed by atoms with Crippen LogP contribution in [0.5, 0.6) is 0 Å². The number of rotatable bonds is 3. The Hall–Kier alpha value is -0.940. The monoisotopic (exact) mass is 254 g/mol. The summed E-state index contributed by atoms with van der Waals surface area (Å²) in [6, 6.07) is 0. The van der Waals surface area contributed by atoms with Gasteiger partial charge in [0.2, 0.25) is 11.8 Å². The van der Waals surface area contributed by atoms with Crippen LogP contribution in [0.15, 0.2) is 0 Å². The molecule has 2 aliphatic heterocycles. The molecule has 2 N–H and O–H groups in total. The first-order valence-corrected chi connectivity index (χ1v) is 6.88. The second kappa shape index (κ2) is 6.85. The third-order valence-electron chi connectivity index (χ3n) is 3.79. The molecule has 0 spiro atoms. The quantitative estimate of drug-likeness (QED) is 0.767. The topological polar surface area (TPSA) is 67.4 Å². The van der Waals surface area contributed by atoms with Crippen molar-refractivity contribution in [2.45, 2.75) is 32.1 Å². The maximum absolute atomic E-state index is 11.9. The molecule has 0 saturated carbocycles. The minimum atomic E-state index is -0.120. The lowest BCUT2D eigenvalue weighted by molar-refractivity contribution is -0.134. The lowest BCUT2D eigenvalue weighted by atomic mass is 9.95. The van der Waals surface area contributed by atoms with Crippen molar-refractivity contribution in [2.75, 3.05) is 26.3 Å². The highest BCUT2D eigenvalue weighted by Crippen LogP contribution is 2.18. The van der Waals surface area contributed by atoms with E-state index in [1.807, 2.05) is 0 Å². The van der Waals surface area contributed by atoms with Crippen molar-refractivity contribution >= 4 is 11.8 Å². The van der Waals surface area contributed by atoms with E-state index in [1.54, 1.807) is 0 Å². The average molecular weight is 254 g/mol. The van der Waals surface area contributed by atoms with Crippen molar-refractivity contribution in [2.24, 2.45) is 11.8 Å². The molecule has 2 aliphatic rings. The Labute approximate surface area is 108 Å². The summed E-state index contributed by atoms with van der Waals surface area (Å²) in [5, 5.41) is 5.76. The Kier molecular flexibility index (Phi) is 5.13. The van der Waals surface area contributed by atoms with Gasteiger partial charge in [0.05, 0.1) is 0 Å². The minimum Gasteiger partial charge on any atom is -0.381 e. The SMILES string of the molecule is O=C(CC1CCOCC1)NC(=O)C1CCNCC1. The Morgan fingerprint density at radius 1 is 1.11 bits per heavy atom. The molecule has 2 saturated heterocycles. The highest BCUT2D eigenvalue weighted by molar-refractivity contribution is 5.96. The molecule has 0 aromatic rings. The van der Waals surface area contributed by atoms with Gasteiger partial charge in [-0.1, -0.05) is 0 Å². The largest absolute Gasteiger partial charge is 0.381 e. The van der Waals surface area contributed by atoms with Crippen molar-refractivity contribution in [3.05, 3.63) is 0 Å². The first kappa shape index (κ1) is 13.5. The number of hydrogen-bond donors (Lipinski definition) is 2.